The van der Waals surface area contributed by atoms with Gasteiger partial charge in [0.1, 0.15) is 12.5 Å². The Bertz CT molecular complexity index is 279. The van der Waals surface area contributed by atoms with E-state index in [4.69, 9.17) is 0 Å². The highest BCUT2D eigenvalue weighted by molar-refractivity contribution is 5.00. The Labute approximate surface area is 83.1 Å². The molecule has 0 amide bonds. The number of nitrogens with zero attached hydrogens (tertiary/aromatic N) is 1. The number of piperidine rings is 1. The van der Waals surface area contributed by atoms with Crippen molar-refractivity contribution in [2.24, 2.45) is 5.92 Å². The molecule has 0 saturated carbocycles. The number of H-pyrrole nitrogens is 1. The standard InChI is InChI=1S/C10H16FN3/c11-6-9-7-13-10(14-9)5-8-1-3-12-4-2-8/h7-8,12H,1-6H2,(H,13,14). The molecule has 0 radical (unpaired) electrons. The summed E-state index contributed by atoms with van der Waals surface area (Å²) in [5.41, 5.74) is 0.592. The molecule has 2 rings (SSSR count). The molecule has 0 atom stereocenters. The summed E-state index contributed by atoms with van der Waals surface area (Å²) in [6, 6.07) is 0. The molecule has 1 aliphatic heterocycles. The van der Waals surface area contributed by atoms with E-state index in [2.05, 4.69) is 15.3 Å². The average Bonchev–Trinajstić information content (AvgIpc) is 2.67. The van der Waals surface area contributed by atoms with E-state index in [9.17, 15) is 4.39 Å². The number of aromatic nitrogens is 2. The highest BCUT2D eigenvalue weighted by Crippen LogP contribution is 2.16. The molecule has 1 aliphatic rings. The minimum absolute atomic E-state index is 0.445. The summed E-state index contributed by atoms with van der Waals surface area (Å²) in [7, 11) is 0. The van der Waals surface area contributed by atoms with Crippen LogP contribution in [-0.4, -0.2) is 23.1 Å². The summed E-state index contributed by atoms with van der Waals surface area (Å²) in [6.45, 7) is 1.75. The zero-order valence-corrected chi connectivity index (χ0v) is 8.22. The molecule has 1 fully saturated rings. The molecule has 2 N–H and O–H groups in total. The molecule has 0 bridgehead atoms. The lowest BCUT2D eigenvalue weighted by Gasteiger charge is -2.21. The number of hydrogen-bond donors (Lipinski definition) is 2. The average molecular weight is 197 g/mol. The van der Waals surface area contributed by atoms with E-state index in [1.54, 1.807) is 6.20 Å². The molecular weight excluding hydrogens is 181 g/mol. The maximum absolute atomic E-state index is 12.2. The number of alkyl halides is 1. The SMILES string of the molecule is FCc1cnc(CC2CCNCC2)[nH]1. The minimum Gasteiger partial charge on any atom is -0.344 e. The first kappa shape index (κ1) is 9.65. The second-order valence-electron chi connectivity index (χ2n) is 3.89. The van der Waals surface area contributed by atoms with Crippen molar-refractivity contribution in [3.8, 4) is 0 Å². The van der Waals surface area contributed by atoms with E-state index in [1.165, 1.54) is 12.8 Å². The molecule has 4 heteroatoms. The van der Waals surface area contributed by atoms with Crippen molar-refractivity contribution in [3.63, 3.8) is 0 Å². The van der Waals surface area contributed by atoms with Gasteiger partial charge in [-0.2, -0.15) is 0 Å². The quantitative estimate of drug-likeness (QED) is 0.769. The summed E-state index contributed by atoms with van der Waals surface area (Å²) in [5, 5.41) is 3.33. The molecule has 1 aromatic rings. The van der Waals surface area contributed by atoms with Gasteiger partial charge >= 0.3 is 0 Å². The molecule has 1 aromatic heterocycles. The van der Waals surface area contributed by atoms with Gasteiger partial charge in [-0.1, -0.05) is 0 Å². The van der Waals surface area contributed by atoms with Crippen LogP contribution in [0.15, 0.2) is 6.20 Å². The number of hydrogen-bond acceptors (Lipinski definition) is 2. The number of aromatic amines is 1. The van der Waals surface area contributed by atoms with Crippen LogP contribution >= 0.6 is 0 Å². The van der Waals surface area contributed by atoms with Crippen LogP contribution in [0.25, 0.3) is 0 Å². The normalized spacial score (nSPS) is 18.6. The molecule has 1 saturated heterocycles. The monoisotopic (exact) mass is 197 g/mol. The predicted octanol–water partition coefficient (Wildman–Crippen LogP) is 1.42. The Morgan fingerprint density at radius 2 is 2.21 bits per heavy atom. The van der Waals surface area contributed by atoms with E-state index in [-0.39, 0.29) is 0 Å². The molecule has 2 heterocycles. The molecule has 0 aromatic carbocycles. The third-order valence-electron chi connectivity index (χ3n) is 2.77. The van der Waals surface area contributed by atoms with Crippen molar-refractivity contribution < 1.29 is 4.39 Å². The number of imidazole rings is 1. The van der Waals surface area contributed by atoms with Gasteiger partial charge < -0.3 is 10.3 Å². The Kier molecular flexibility index (Phi) is 3.14. The van der Waals surface area contributed by atoms with Crippen LogP contribution in [0.3, 0.4) is 0 Å². The highest BCUT2D eigenvalue weighted by atomic mass is 19.1. The number of rotatable bonds is 3. The lowest BCUT2D eigenvalue weighted by molar-refractivity contribution is 0.367. The molecule has 14 heavy (non-hydrogen) atoms. The highest BCUT2D eigenvalue weighted by Gasteiger charge is 2.14. The van der Waals surface area contributed by atoms with Gasteiger partial charge in [0.05, 0.1) is 11.9 Å². The van der Waals surface area contributed by atoms with Gasteiger partial charge in [0, 0.05) is 6.42 Å². The molecule has 0 aliphatic carbocycles. The molecule has 0 unspecified atom stereocenters. The summed E-state index contributed by atoms with van der Waals surface area (Å²) < 4.78 is 12.2. The maximum Gasteiger partial charge on any atom is 0.131 e. The van der Waals surface area contributed by atoms with Crippen LogP contribution in [0.2, 0.25) is 0 Å². The van der Waals surface area contributed by atoms with Crippen LogP contribution in [0.5, 0.6) is 0 Å². The topological polar surface area (TPSA) is 40.7 Å². The Morgan fingerprint density at radius 1 is 1.43 bits per heavy atom. The van der Waals surface area contributed by atoms with Gasteiger partial charge in [0.15, 0.2) is 0 Å². The smallest absolute Gasteiger partial charge is 0.131 e. The first-order valence-electron chi connectivity index (χ1n) is 5.18. The lowest BCUT2D eigenvalue weighted by atomic mass is 9.94. The Morgan fingerprint density at radius 3 is 2.86 bits per heavy atom. The Balaban J connectivity index is 1.89. The zero-order chi connectivity index (χ0) is 9.80. The van der Waals surface area contributed by atoms with Crippen molar-refractivity contribution in [2.75, 3.05) is 13.1 Å². The Hall–Kier alpha value is -0.900. The maximum atomic E-state index is 12.2. The summed E-state index contributed by atoms with van der Waals surface area (Å²) >= 11 is 0. The molecule has 3 nitrogen and oxygen atoms in total. The predicted molar refractivity (Wildman–Crippen MR) is 52.7 cm³/mol. The van der Waals surface area contributed by atoms with Gasteiger partial charge in [-0.05, 0) is 31.8 Å². The first-order chi connectivity index (χ1) is 6.88. The van der Waals surface area contributed by atoms with E-state index < -0.39 is 6.67 Å². The van der Waals surface area contributed by atoms with E-state index in [0.29, 0.717) is 11.6 Å². The fourth-order valence-electron chi connectivity index (χ4n) is 1.94. The van der Waals surface area contributed by atoms with Gasteiger partial charge in [-0.15, -0.1) is 0 Å². The molecule has 0 spiro atoms. The van der Waals surface area contributed by atoms with Gasteiger partial charge in [-0.3, -0.25) is 0 Å². The third-order valence-corrected chi connectivity index (χ3v) is 2.77. The van der Waals surface area contributed by atoms with Crippen LogP contribution in [0, 0.1) is 5.92 Å². The summed E-state index contributed by atoms with van der Waals surface area (Å²) in [5.74, 6) is 1.64. The van der Waals surface area contributed by atoms with Crippen molar-refractivity contribution in [2.45, 2.75) is 25.9 Å². The first-order valence-corrected chi connectivity index (χ1v) is 5.18. The van der Waals surface area contributed by atoms with E-state index >= 15 is 0 Å². The minimum atomic E-state index is -0.445. The van der Waals surface area contributed by atoms with Gasteiger partial charge in [0.2, 0.25) is 0 Å². The number of nitrogens with one attached hydrogen (secondary N) is 2. The van der Waals surface area contributed by atoms with Gasteiger partial charge in [0.25, 0.3) is 0 Å². The lowest BCUT2D eigenvalue weighted by Crippen LogP contribution is -2.28. The van der Waals surface area contributed by atoms with E-state index in [0.717, 1.165) is 25.3 Å². The van der Waals surface area contributed by atoms with Crippen molar-refractivity contribution in [1.29, 1.82) is 0 Å². The largest absolute Gasteiger partial charge is 0.344 e. The van der Waals surface area contributed by atoms with E-state index in [1.807, 2.05) is 0 Å². The van der Waals surface area contributed by atoms with Crippen LogP contribution < -0.4 is 5.32 Å². The van der Waals surface area contributed by atoms with Crippen molar-refractivity contribution in [3.05, 3.63) is 17.7 Å². The number of halogens is 1. The summed E-state index contributed by atoms with van der Waals surface area (Å²) in [6.07, 6.45) is 4.95. The second kappa shape index (κ2) is 4.55. The fourth-order valence-corrected chi connectivity index (χ4v) is 1.94. The molecule has 78 valence electrons. The van der Waals surface area contributed by atoms with Crippen LogP contribution in [0.4, 0.5) is 4.39 Å². The summed E-state index contributed by atoms with van der Waals surface area (Å²) in [4.78, 5) is 7.17. The van der Waals surface area contributed by atoms with Crippen LogP contribution in [0.1, 0.15) is 24.4 Å². The van der Waals surface area contributed by atoms with Crippen molar-refractivity contribution in [1.82, 2.24) is 15.3 Å². The molecular formula is C10H16FN3. The van der Waals surface area contributed by atoms with Crippen LogP contribution in [-0.2, 0) is 13.1 Å². The zero-order valence-electron chi connectivity index (χ0n) is 8.22. The van der Waals surface area contributed by atoms with Gasteiger partial charge in [-0.25, -0.2) is 9.37 Å². The van der Waals surface area contributed by atoms with Crippen molar-refractivity contribution >= 4 is 0 Å². The second-order valence-corrected chi connectivity index (χ2v) is 3.89. The third kappa shape index (κ3) is 2.32. The fraction of sp³-hybridized carbons (Fsp3) is 0.700.